The molecule has 20 heavy (non-hydrogen) atoms. The molecule has 0 radical (unpaired) electrons. The molecule has 102 valence electrons. The van der Waals surface area contributed by atoms with Crippen LogP contribution < -0.4 is 10.2 Å². The summed E-state index contributed by atoms with van der Waals surface area (Å²) in [6, 6.07) is 11.9. The quantitative estimate of drug-likeness (QED) is 0.910. The van der Waals surface area contributed by atoms with E-state index < -0.39 is 0 Å². The zero-order valence-corrected chi connectivity index (χ0v) is 11.2. The zero-order valence-electron chi connectivity index (χ0n) is 11.2. The molecule has 4 heteroatoms. The number of benzene rings is 1. The molecule has 0 spiro atoms. The van der Waals surface area contributed by atoms with Crippen molar-refractivity contribution in [2.45, 2.75) is 19.4 Å². The van der Waals surface area contributed by atoms with Gasteiger partial charge in [0.2, 0.25) is 5.91 Å². The largest absolute Gasteiger partial charge is 0.383 e. The maximum Gasteiger partial charge on any atom is 0.227 e. The fraction of sp³-hybridized carbons (Fsp3) is 0.250. The molecule has 0 bridgehead atoms. The second-order valence-corrected chi connectivity index (χ2v) is 4.88. The van der Waals surface area contributed by atoms with E-state index in [-0.39, 0.29) is 5.91 Å². The number of rotatable bonds is 2. The van der Waals surface area contributed by atoms with Gasteiger partial charge in [0, 0.05) is 25.4 Å². The summed E-state index contributed by atoms with van der Waals surface area (Å²) < 4.78 is 0. The Hall–Kier alpha value is -2.36. The van der Waals surface area contributed by atoms with Gasteiger partial charge in [-0.15, -0.1) is 0 Å². The number of amides is 1. The van der Waals surface area contributed by atoms with E-state index in [2.05, 4.69) is 10.3 Å². The van der Waals surface area contributed by atoms with Crippen LogP contribution >= 0.6 is 0 Å². The number of carbonyl (C=O) groups is 1. The van der Waals surface area contributed by atoms with Crippen LogP contribution in [-0.4, -0.2) is 17.4 Å². The standard InChI is InChI=1S/C16H17N3O/c20-16-6-3-9-18-14-4-1-2-5-15(14)19(16)12-13-7-10-17-11-8-13/h1-2,4-5,7-8,10-11,18H,3,6,9,12H2. The summed E-state index contributed by atoms with van der Waals surface area (Å²) in [6.45, 7) is 1.42. The van der Waals surface area contributed by atoms with E-state index in [0.717, 1.165) is 29.9 Å². The van der Waals surface area contributed by atoms with Crippen LogP contribution in [0.3, 0.4) is 0 Å². The van der Waals surface area contributed by atoms with Crippen LogP contribution in [0, 0.1) is 0 Å². The first-order valence-electron chi connectivity index (χ1n) is 6.87. The minimum Gasteiger partial charge on any atom is -0.383 e. The molecular weight excluding hydrogens is 250 g/mol. The summed E-state index contributed by atoms with van der Waals surface area (Å²) >= 11 is 0. The molecule has 1 aromatic carbocycles. The molecule has 1 aliphatic rings. The molecule has 1 aromatic heterocycles. The molecule has 3 rings (SSSR count). The average Bonchev–Trinajstić information content (AvgIpc) is 2.49. The number of fused-ring (bicyclic) bond motifs is 1. The first-order chi connectivity index (χ1) is 9.84. The Kier molecular flexibility index (Phi) is 3.63. The first-order valence-corrected chi connectivity index (χ1v) is 6.87. The third-order valence-electron chi connectivity index (χ3n) is 3.47. The number of para-hydroxylation sites is 2. The van der Waals surface area contributed by atoms with E-state index in [1.807, 2.05) is 41.3 Å². The maximum absolute atomic E-state index is 12.4. The molecule has 1 aliphatic heterocycles. The van der Waals surface area contributed by atoms with Crippen molar-refractivity contribution in [2.24, 2.45) is 0 Å². The second kappa shape index (κ2) is 5.74. The molecule has 1 N–H and O–H groups in total. The fourth-order valence-corrected chi connectivity index (χ4v) is 2.43. The van der Waals surface area contributed by atoms with Crippen LogP contribution in [0.5, 0.6) is 0 Å². The molecule has 0 fully saturated rings. The molecule has 0 saturated carbocycles. The van der Waals surface area contributed by atoms with Gasteiger partial charge in [-0.1, -0.05) is 12.1 Å². The van der Waals surface area contributed by atoms with Crippen LogP contribution in [0.4, 0.5) is 11.4 Å². The van der Waals surface area contributed by atoms with Gasteiger partial charge in [0.25, 0.3) is 0 Å². The van der Waals surface area contributed by atoms with Crippen molar-refractivity contribution in [2.75, 3.05) is 16.8 Å². The van der Waals surface area contributed by atoms with Gasteiger partial charge in [-0.2, -0.15) is 0 Å². The van der Waals surface area contributed by atoms with Crippen molar-refractivity contribution in [1.82, 2.24) is 4.98 Å². The minimum atomic E-state index is 0.177. The van der Waals surface area contributed by atoms with E-state index in [9.17, 15) is 4.79 Å². The number of nitrogens with one attached hydrogen (secondary N) is 1. The Morgan fingerprint density at radius 3 is 2.80 bits per heavy atom. The Morgan fingerprint density at radius 1 is 1.15 bits per heavy atom. The van der Waals surface area contributed by atoms with Gasteiger partial charge in [-0.05, 0) is 36.2 Å². The Balaban J connectivity index is 1.96. The van der Waals surface area contributed by atoms with Crippen LogP contribution in [0.1, 0.15) is 18.4 Å². The summed E-state index contributed by atoms with van der Waals surface area (Å²) in [5, 5.41) is 3.40. The van der Waals surface area contributed by atoms with E-state index >= 15 is 0 Å². The Bertz CT molecular complexity index is 598. The second-order valence-electron chi connectivity index (χ2n) is 4.88. The molecule has 0 aliphatic carbocycles. The molecule has 2 heterocycles. The highest BCUT2D eigenvalue weighted by molar-refractivity contribution is 5.97. The highest BCUT2D eigenvalue weighted by atomic mass is 16.2. The monoisotopic (exact) mass is 267 g/mol. The average molecular weight is 267 g/mol. The number of carbonyl (C=O) groups excluding carboxylic acids is 1. The van der Waals surface area contributed by atoms with E-state index in [1.54, 1.807) is 12.4 Å². The minimum absolute atomic E-state index is 0.177. The van der Waals surface area contributed by atoms with Gasteiger partial charge in [0.05, 0.1) is 17.9 Å². The highest BCUT2D eigenvalue weighted by Gasteiger charge is 2.20. The van der Waals surface area contributed by atoms with Gasteiger partial charge < -0.3 is 10.2 Å². The Labute approximate surface area is 118 Å². The van der Waals surface area contributed by atoms with Crippen LogP contribution in [0.2, 0.25) is 0 Å². The highest BCUT2D eigenvalue weighted by Crippen LogP contribution is 2.29. The number of pyridine rings is 1. The van der Waals surface area contributed by atoms with Gasteiger partial charge >= 0.3 is 0 Å². The van der Waals surface area contributed by atoms with Crippen LogP contribution in [-0.2, 0) is 11.3 Å². The van der Waals surface area contributed by atoms with Crippen molar-refractivity contribution in [3.63, 3.8) is 0 Å². The predicted octanol–water partition coefficient (Wildman–Crippen LogP) is 2.82. The van der Waals surface area contributed by atoms with Crippen molar-refractivity contribution in [1.29, 1.82) is 0 Å². The summed E-state index contributed by atoms with van der Waals surface area (Å²) in [4.78, 5) is 18.3. The van der Waals surface area contributed by atoms with Gasteiger partial charge in [0.15, 0.2) is 0 Å². The summed E-state index contributed by atoms with van der Waals surface area (Å²) in [5.41, 5.74) is 3.06. The molecular formula is C16H17N3O. The lowest BCUT2D eigenvalue weighted by Crippen LogP contribution is -2.32. The van der Waals surface area contributed by atoms with Crippen molar-refractivity contribution >= 4 is 17.3 Å². The van der Waals surface area contributed by atoms with Gasteiger partial charge in [0.1, 0.15) is 0 Å². The van der Waals surface area contributed by atoms with Crippen LogP contribution in [0.25, 0.3) is 0 Å². The van der Waals surface area contributed by atoms with E-state index in [4.69, 9.17) is 0 Å². The smallest absolute Gasteiger partial charge is 0.227 e. The normalized spacial score (nSPS) is 15.0. The van der Waals surface area contributed by atoms with Crippen LogP contribution in [0.15, 0.2) is 48.8 Å². The van der Waals surface area contributed by atoms with E-state index in [0.29, 0.717) is 13.0 Å². The number of anilines is 2. The molecule has 0 saturated heterocycles. The summed E-state index contributed by atoms with van der Waals surface area (Å²) in [5.74, 6) is 0.177. The van der Waals surface area contributed by atoms with Gasteiger partial charge in [-0.25, -0.2) is 0 Å². The first kappa shape index (κ1) is 12.7. The molecule has 2 aromatic rings. The fourth-order valence-electron chi connectivity index (χ4n) is 2.43. The topological polar surface area (TPSA) is 45.2 Å². The van der Waals surface area contributed by atoms with E-state index in [1.165, 1.54) is 0 Å². The lowest BCUT2D eigenvalue weighted by atomic mass is 10.1. The van der Waals surface area contributed by atoms with Gasteiger partial charge in [-0.3, -0.25) is 9.78 Å². The lowest BCUT2D eigenvalue weighted by Gasteiger charge is -2.28. The maximum atomic E-state index is 12.4. The third kappa shape index (κ3) is 2.64. The lowest BCUT2D eigenvalue weighted by molar-refractivity contribution is -0.118. The third-order valence-corrected chi connectivity index (χ3v) is 3.47. The Morgan fingerprint density at radius 2 is 1.95 bits per heavy atom. The summed E-state index contributed by atoms with van der Waals surface area (Å²) in [6.07, 6.45) is 4.95. The predicted molar refractivity (Wildman–Crippen MR) is 79.6 cm³/mol. The SMILES string of the molecule is O=C1CCCNc2ccccc2N1Cc1ccncc1. The number of hydrogen-bond donors (Lipinski definition) is 1. The zero-order chi connectivity index (χ0) is 13.8. The van der Waals surface area contributed by atoms with Crippen molar-refractivity contribution in [3.8, 4) is 0 Å². The molecule has 1 amide bonds. The van der Waals surface area contributed by atoms with Crippen molar-refractivity contribution in [3.05, 3.63) is 54.4 Å². The molecule has 0 atom stereocenters. The number of aromatic nitrogens is 1. The number of nitrogens with zero attached hydrogens (tertiary/aromatic N) is 2. The number of hydrogen-bond acceptors (Lipinski definition) is 3. The summed E-state index contributed by atoms with van der Waals surface area (Å²) in [7, 11) is 0. The molecule has 4 nitrogen and oxygen atoms in total. The van der Waals surface area contributed by atoms with Crippen molar-refractivity contribution < 1.29 is 4.79 Å². The molecule has 0 unspecified atom stereocenters.